The molecule has 2 aromatic carbocycles. The summed E-state index contributed by atoms with van der Waals surface area (Å²) in [4.78, 5) is 36.2. The minimum Gasteiger partial charge on any atom is -0.450 e. The van der Waals surface area contributed by atoms with Crippen LogP contribution in [0.15, 0.2) is 57.7 Å². The van der Waals surface area contributed by atoms with E-state index in [2.05, 4.69) is 5.32 Å². The molecule has 1 heterocycles. The van der Waals surface area contributed by atoms with Gasteiger partial charge in [0.1, 0.15) is 5.58 Å². The summed E-state index contributed by atoms with van der Waals surface area (Å²) in [5.41, 5.74) is 2.14. The van der Waals surface area contributed by atoms with E-state index in [1.807, 2.05) is 13.0 Å². The van der Waals surface area contributed by atoms with E-state index in [1.54, 1.807) is 42.5 Å². The number of anilines is 1. The number of esters is 1. The normalized spacial score (nSPS) is 10.3. The van der Waals surface area contributed by atoms with E-state index >= 15 is 0 Å². The highest BCUT2D eigenvalue weighted by Gasteiger charge is 2.15. The molecule has 0 saturated carbocycles. The van der Waals surface area contributed by atoms with Gasteiger partial charge in [0.2, 0.25) is 5.76 Å². The number of rotatable bonds is 5. The second kappa shape index (κ2) is 8.18. The Labute approximate surface area is 160 Å². The summed E-state index contributed by atoms with van der Waals surface area (Å²) in [5.74, 6) is -1.71. The van der Waals surface area contributed by atoms with Crippen LogP contribution in [0.2, 0.25) is 0 Å². The number of aryl methyl sites for hydroxylation is 1. The monoisotopic (exact) mass is 376 g/mol. The van der Waals surface area contributed by atoms with Crippen molar-refractivity contribution >= 4 is 28.5 Å². The van der Waals surface area contributed by atoms with Crippen molar-refractivity contribution in [1.29, 1.82) is 5.26 Å². The Morgan fingerprint density at radius 3 is 2.61 bits per heavy atom. The topological polar surface area (TPSA) is 109 Å². The number of nitrogens with zero attached hydrogens (tertiary/aromatic N) is 1. The van der Waals surface area contributed by atoms with Crippen molar-refractivity contribution in [2.75, 3.05) is 11.9 Å². The van der Waals surface area contributed by atoms with Gasteiger partial charge in [0.05, 0.1) is 17.9 Å². The van der Waals surface area contributed by atoms with E-state index in [-0.39, 0.29) is 23.2 Å². The van der Waals surface area contributed by atoms with Crippen molar-refractivity contribution in [3.63, 3.8) is 0 Å². The molecule has 7 heteroatoms. The van der Waals surface area contributed by atoms with Crippen LogP contribution in [0.4, 0.5) is 5.69 Å². The first-order chi connectivity index (χ1) is 13.5. The van der Waals surface area contributed by atoms with Gasteiger partial charge in [0, 0.05) is 11.8 Å². The van der Waals surface area contributed by atoms with Crippen LogP contribution in [0, 0.1) is 18.3 Å². The Morgan fingerprint density at radius 2 is 1.89 bits per heavy atom. The summed E-state index contributed by atoms with van der Waals surface area (Å²) in [6.45, 7) is 1.31. The predicted octanol–water partition coefficient (Wildman–Crippen LogP) is 2.96. The largest absolute Gasteiger partial charge is 0.450 e. The highest BCUT2D eigenvalue weighted by molar-refractivity contribution is 5.95. The van der Waals surface area contributed by atoms with Crippen molar-refractivity contribution in [2.24, 2.45) is 0 Å². The van der Waals surface area contributed by atoms with Crippen LogP contribution in [-0.2, 0) is 16.0 Å². The number of hydrogen-bond acceptors (Lipinski definition) is 6. The van der Waals surface area contributed by atoms with E-state index in [4.69, 9.17) is 14.4 Å². The third-order valence-electron chi connectivity index (χ3n) is 3.94. The fraction of sp³-hybridized carbons (Fsp3) is 0.143. The number of carbonyl (C=O) groups is 2. The first kappa shape index (κ1) is 18.9. The third kappa shape index (κ3) is 4.43. The molecule has 0 aliphatic carbocycles. The van der Waals surface area contributed by atoms with Crippen molar-refractivity contribution in [3.05, 3.63) is 75.6 Å². The molecule has 3 aromatic rings. The molecule has 1 aromatic heterocycles. The Kier molecular flexibility index (Phi) is 5.51. The lowest BCUT2D eigenvalue weighted by Gasteiger charge is -2.07. The molecular formula is C21H16N2O5. The van der Waals surface area contributed by atoms with E-state index < -0.39 is 18.5 Å². The van der Waals surface area contributed by atoms with E-state index in [1.165, 1.54) is 0 Å². The molecule has 0 saturated heterocycles. The molecule has 3 rings (SSSR count). The maximum Gasteiger partial charge on any atom is 0.374 e. The molecule has 140 valence electrons. The molecule has 0 spiro atoms. The molecule has 0 atom stereocenters. The summed E-state index contributed by atoms with van der Waals surface area (Å²) in [5, 5.41) is 11.6. The van der Waals surface area contributed by atoms with Gasteiger partial charge in [-0.05, 0) is 36.8 Å². The summed E-state index contributed by atoms with van der Waals surface area (Å²) in [6.07, 6.45) is 0.280. The average Bonchev–Trinajstić information content (AvgIpc) is 2.68. The molecule has 0 bridgehead atoms. The standard InChI is InChI=1S/C21H16N2O5/c1-13-2-7-18-16(10-13)17(24)11-19(28-18)21(26)27-12-20(25)23-15-5-3-14(4-6-15)8-9-22/h2-7,10-11H,8,12H2,1H3,(H,23,25). The summed E-state index contributed by atoms with van der Waals surface area (Å²) in [6, 6.07) is 14.9. The van der Waals surface area contributed by atoms with Crippen LogP contribution in [-0.4, -0.2) is 18.5 Å². The molecule has 1 N–H and O–H groups in total. The third-order valence-corrected chi connectivity index (χ3v) is 3.94. The lowest BCUT2D eigenvalue weighted by Crippen LogP contribution is -2.21. The maximum atomic E-state index is 12.1. The number of nitriles is 1. The van der Waals surface area contributed by atoms with E-state index in [0.29, 0.717) is 11.1 Å². The molecule has 28 heavy (non-hydrogen) atoms. The number of carbonyl (C=O) groups excluding carboxylic acids is 2. The fourth-order valence-electron chi connectivity index (χ4n) is 2.57. The average molecular weight is 376 g/mol. The van der Waals surface area contributed by atoms with Gasteiger partial charge in [-0.15, -0.1) is 0 Å². The number of benzene rings is 2. The lowest BCUT2D eigenvalue weighted by molar-refractivity contribution is -0.119. The number of ether oxygens (including phenoxy) is 1. The number of amides is 1. The Hall–Kier alpha value is -3.92. The van der Waals surface area contributed by atoms with Gasteiger partial charge in [-0.3, -0.25) is 9.59 Å². The molecule has 7 nitrogen and oxygen atoms in total. The van der Waals surface area contributed by atoms with Gasteiger partial charge in [-0.1, -0.05) is 23.8 Å². The van der Waals surface area contributed by atoms with Gasteiger partial charge in [0.25, 0.3) is 5.91 Å². The molecular weight excluding hydrogens is 360 g/mol. The summed E-state index contributed by atoms with van der Waals surface area (Å²) >= 11 is 0. The number of hydrogen-bond donors (Lipinski definition) is 1. The first-order valence-corrected chi connectivity index (χ1v) is 8.43. The molecule has 0 fully saturated rings. The van der Waals surface area contributed by atoms with Gasteiger partial charge in [-0.25, -0.2) is 4.79 Å². The molecule has 0 unspecified atom stereocenters. The molecule has 0 aliphatic heterocycles. The van der Waals surface area contributed by atoms with Crippen LogP contribution in [0.1, 0.15) is 21.7 Å². The highest BCUT2D eigenvalue weighted by atomic mass is 16.5. The predicted molar refractivity (Wildman–Crippen MR) is 102 cm³/mol. The quantitative estimate of drug-likeness (QED) is 0.686. The van der Waals surface area contributed by atoms with E-state index in [9.17, 15) is 14.4 Å². The zero-order chi connectivity index (χ0) is 20.1. The smallest absolute Gasteiger partial charge is 0.374 e. The van der Waals surface area contributed by atoms with Crippen molar-refractivity contribution in [2.45, 2.75) is 13.3 Å². The molecule has 1 amide bonds. The summed E-state index contributed by atoms with van der Waals surface area (Å²) in [7, 11) is 0. The van der Waals surface area contributed by atoms with Crippen LogP contribution in [0.25, 0.3) is 11.0 Å². The van der Waals surface area contributed by atoms with E-state index in [0.717, 1.165) is 17.2 Å². The minimum atomic E-state index is -0.904. The van der Waals surface area contributed by atoms with Crippen LogP contribution in [0.3, 0.4) is 0 Å². The van der Waals surface area contributed by atoms with Crippen molar-refractivity contribution < 1.29 is 18.7 Å². The minimum absolute atomic E-state index is 0.269. The maximum absolute atomic E-state index is 12.1. The van der Waals surface area contributed by atoms with Gasteiger partial charge in [0.15, 0.2) is 12.0 Å². The first-order valence-electron chi connectivity index (χ1n) is 8.43. The summed E-state index contributed by atoms with van der Waals surface area (Å²) < 4.78 is 10.3. The van der Waals surface area contributed by atoms with Crippen LogP contribution < -0.4 is 10.7 Å². The zero-order valence-corrected chi connectivity index (χ0v) is 15.0. The molecule has 0 radical (unpaired) electrons. The fourth-order valence-corrected chi connectivity index (χ4v) is 2.57. The number of nitrogens with one attached hydrogen (secondary N) is 1. The number of fused-ring (bicyclic) bond motifs is 1. The lowest BCUT2D eigenvalue weighted by atomic mass is 10.1. The van der Waals surface area contributed by atoms with Crippen molar-refractivity contribution in [3.8, 4) is 6.07 Å². The van der Waals surface area contributed by atoms with Gasteiger partial charge in [-0.2, -0.15) is 5.26 Å². The Bertz CT molecular complexity index is 1140. The highest BCUT2D eigenvalue weighted by Crippen LogP contribution is 2.15. The van der Waals surface area contributed by atoms with Crippen LogP contribution in [0.5, 0.6) is 0 Å². The second-order valence-corrected chi connectivity index (χ2v) is 6.13. The van der Waals surface area contributed by atoms with Gasteiger partial charge < -0.3 is 14.5 Å². The van der Waals surface area contributed by atoms with Crippen LogP contribution >= 0.6 is 0 Å². The molecule has 0 aliphatic rings. The second-order valence-electron chi connectivity index (χ2n) is 6.13. The Morgan fingerprint density at radius 1 is 1.14 bits per heavy atom. The van der Waals surface area contributed by atoms with Gasteiger partial charge >= 0.3 is 5.97 Å². The van der Waals surface area contributed by atoms with Crippen molar-refractivity contribution in [1.82, 2.24) is 0 Å². The SMILES string of the molecule is Cc1ccc2oc(C(=O)OCC(=O)Nc3ccc(CC#N)cc3)cc(=O)c2c1. The Balaban J connectivity index is 1.62. The zero-order valence-electron chi connectivity index (χ0n) is 15.0.